The zero-order valence-corrected chi connectivity index (χ0v) is 13.0. The topological polar surface area (TPSA) is 78.6 Å². The van der Waals surface area contributed by atoms with E-state index in [0.717, 1.165) is 5.69 Å². The molecule has 1 rings (SSSR count). The van der Waals surface area contributed by atoms with Crippen LogP contribution in [0.15, 0.2) is 4.42 Å². The molecule has 0 aliphatic heterocycles. The second kappa shape index (κ2) is 6.74. The molecule has 1 aromatic heterocycles. The SMILES string of the molecule is Cc1nc(NC(=O)N(CCCO)CC(C)(C)C)oc1C. The highest BCUT2D eigenvalue weighted by Crippen LogP contribution is 2.17. The summed E-state index contributed by atoms with van der Waals surface area (Å²) in [6.07, 6.45) is 0.549. The third-order valence-corrected chi connectivity index (χ3v) is 2.78. The maximum atomic E-state index is 12.2. The number of hydrogen-bond acceptors (Lipinski definition) is 4. The van der Waals surface area contributed by atoms with Crippen LogP contribution in [-0.4, -0.2) is 40.7 Å². The molecule has 114 valence electrons. The average molecular weight is 283 g/mol. The normalized spacial score (nSPS) is 11.5. The maximum absolute atomic E-state index is 12.2. The Balaban J connectivity index is 2.71. The van der Waals surface area contributed by atoms with Gasteiger partial charge in [-0.25, -0.2) is 4.79 Å². The van der Waals surface area contributed by atoms with E-state index in [9.17, 15) is 4.79 Å². The van der Waals surface area contributed by atoms with E-state index in [2.05, 4.69) is 31.1 Å². The molecule has 0 aliphatic rings. The Morgan fingerprint density at radius 2 is 2.05 bits per heavy atom. The fraction of sp³-hybridized carbons (Fsp3) is 0.714. The minimum absolute atomic E-state index is 0.0186. The van der Waals surface area contributed by atoms with Crippen molar-refractivity contribution in [2.24, 2.45) is 5.41 Å². The van der Waals surface area contributed by atoms with Crippen molar-refractivity contribution in [3.8, 4) is 0 Å². The molecule has 0 fully saturated rings. The van der Waals surface area contributed by atoms with Gasteiger partial charge in [0.1, 0.15) is 5.76 Å². The van der Waals surface area contributed by atoms with Crippen LogP contribution in [0.4, 0.5) is 10.8 Å². The van der Waals surface area contributed by atoms with Gasteiger partial charge in [0.15, 0.2) is 0 Å². The number of urea groups is 1. The summed E-state index contributed by atoms with van der Waals surface area (Å²) < 4.78 is 5.35. The number of aliphatic hydroxyl groups excluding tert-OH is 1. The molecule has 2 amide bonds. The number of aryl methyl sites for hydroxylation is 2. The lowest BCUT2D eigenvalue weighted by atomic mass is 9.96. The number of aliphatic hydroxyl groups is 1. The summed E-state index contributed by atoms with van der Waals surface area (Å²) in [5.74, 6) is 0.693. The van der Waals surface area contributed by atoms with Crippen LogP contribution in [0.5, 0.6) is 0 Å². The first-order valence-corrected chi connectivity index (χ1v) is 6.84. The van der Waals surface area contributed by atoms with Gasteiger partial charge >= 0.3 is 12.0 Å². The van der Waals surface area contributed by atoms with Gasteiger partial charge in [-0.05, 0) is 25.7 Å². The summed E-state index contributed by atoms with van der Waals surface area (Å²) >= 11 is 0. The molecule has 0 aliphatic carbocycles. The highest BCUT2D eigenvalue weighted by Gasteiger charge is 2.22. The lowest BCUT2D eigenvalue weighted by Gasteiger charge is -2.29. The second-order valence-corrected chi connectivity index (χ2v) is 6.15. The largest absolute Gasteiger partial charge is 0.428 e. The second-order valence-electron chi connectivity index (χ2n) is 6.15. The van der Waals surface area contributed by atoms with Crippen molar-refractivity contribution in [2.75, 3.05) is 25.0 Å². The van der Waals surface area contributed by atoms with Crippen molar-refractivity contribution in [1.82, 2.24) is 9.88 Å². The van der Waals surface area contributed by atoms with Crippen LogP contribution in [0.1, 0.15) is 38.6 Å². The number of nitrogens with zero attached hydrogens (tertiary/aromatic N) is 2. The smallest absolute Gasteiger partial charge is 0.325 e. The summed E-state index contributed by atoms with van der Waals surface area (Å²) in [6.45, 7) is 11.0. The van der Waals surface area contributed by atoms with Crippen molar-refractivity contribution >= 4 is 12.0 Å². The third kappa shape index (κ3) is 5.21. The van der Waals surface area contributed by atoms with E-state index in [1.165, 1.54) is 0 Å². The minimum atomic E-state index is -0.255. The molecule has 1 heterocycles. The highest BCUT2D eigenvalue weighted by atomic mass is 16.4. The minimum Gasteiger partial charge on any atom is -0.428 e. The molecule has 0 saturated heterocycles. The van der Waals surface area contributed by atoms with Crippen molar-refractivity contribution in [3.05, 3.63) is 11.5 Å². The molecule has 6 nitrogen and oxygen atoms in total. The number of carbonyl (C=O) groups excluding carboxylic acids is 1. The molecule has 20 heavy (non-hydrogen) atoms. The standard InChI is InChI=1S/C14H25N3O3/c1-10-11(2)20-12(15-10)16-13(19)17(7-6-8-18)9-14(3,4)5/h18H,6-9H2,1-5H3,(H,15,16,19). The Kier molecular flexibility index (Phi) is 5.56. The van der Waals surface area contributed by atoms with E-state index in [0.29, 0.717) is 25.3 Å². The Bertz CT molecular complexity index is 430. The zero-order valence-electron chi connectivity index (χ0n) is 13.0. The van der Waals surface area contributed by atoms with Gasteiger partial charge in [-0.3, -0.25) is 5.32 Å². The van der Waals surface area contributed by atoms with Crippen LogP contribution in [0.3, 0.4) is 0 Å². The summed E-state index contributed by atoms with van der Waals surface area (Å²) in [4.78, 5) is 18.1. The fourth-order valence-corrected chi connectivity index (χ4v) is 1.78. The fourth-order valence-electron chi connectivity index (χ4n) is 1.78. The van der Waals surface area contributed by atoms with Gasteiger partial charge in [0.2, 0.25) is 0 Å². The van der Waals surface area contributed by atoms with Gasteiger partial charge < -0.3 is 14.4 Å². The van der Waals surface area contributed by atoms with Crippen LogP contribution >= 0.6 is 0 Å². The number of hydrogen-bond donors (Lipinski definition) is 2. The van der Waals surface area contributed by atoms with E-state index < -0.39 is 0 Å². The lowest BCUT2D eigenvalue weighted by Crippen LogP contribution is -2.41. The number of amides is 2. The number of nitrogens with one attached hydrogen (secondary N) is 1. The molecular formula is C14H25N3O3. The van der Waals surface area contributed by atoms with E-state index >= 15 is 0 Å². The number of aromatic nitrogens is 1. The molecule has 0 atom stereocenters. The first kappa shape index (κ1) is 16.5. The monoisotopic (exact) mass is 283 g/mol. The van der Waals surface area contributed by atoms with Crippen molar-refractivity contribution < 1.29 is 14.3 Å². The molecule has 0 bridgehead atoms. The molecule has 0 aromatic carbocycles. The lowest BCUT2D eigenvalue weighted by molar-refractivity contribution is 0.175. The molecule has 0 saturated carbocycles. The highest BCUT2D eigenvalue weighted by molar-refractivity contribution is 5.87. The summed E-state index contributed by atoms with van der Waals surface area (Å²) in [6, 6.07) is -0.0393. The van der Waals surface area contributed by atoms with Crippen molar-refractivity contribution in [2.45, 2.75) is 41.0 Å². The van der Waals surface area contributed by atoms with Crippen LogP contribution in [-0.2, 0) is 0 Å². The Morgan fingerprint density at radius 1 is 1.40 bits per heavy atom. The molecular weight excluding hydrogens is 258 g/mol. The Hall–Kier alpha value is -1.56. The van der Waals surface area contributed by atoms with Gasteiger partial charge in [-0.2, -0.15) is 4.98 Å². The van der Waals surface area contributed by atoms with Crippen LogP contribution in [0.2, 0.25) is 0 Å². The maximum Gasteiger partial charge on any atom is 0.325 e. The summed E-state index contributed by atoms with van der Waals surface area (Å²) in [7, 11) is 0. The van der Waals surface area contributed by atoms with Gasteiger partial charge in [0, 0.05) is 19.7 Å². The number of oxazole rings is 1. The molecule has 6 heteroatoms. The van der Waals surface area contributed by atoms with Gasteiger partial charge in [0.25, 0.3) is 0 Å². The zero-order chi connectivity index (χ0) is 15.3. The van der Waals surface area contributed by atoms with Crippen LogP contribution in [0, 0.1) is 19.3 Å². The van der Waals surface area contributed by atoms with Crippen molar-refractivity contribution in [3.63, 3.8) is 0 Å². The van der Waals surface area contributed by atoms with Crippen LogP contribution in [0.25, 0.3) is 0 Å². The summed E-state index contributed by atoms with van der Waals surface area (Å²) in [5, 5.41) is 11.6. The average Bonchev–Trinajstić information content (AvgIpc) is 2.62. The van der Waals surface area contributed by atoms with E-state index in [1.807, 2.05) is 6.92 Å². The van der Waals surface area contributed by atoms with Gasteiger partial charge in [0.05, 0.1) is 5.69 Å². The summed E-state index contributed by atoms with van der Waals surface area (Å²) in [5.41, 5.74) is 0.743. The van der Waals surface area contributed by atoms with E-state index in [4.69, 9.17) is 9.52 Å². The quantitative estimate of drug-likeness (QED) is 0.870. The van der Waals surface area contributed by atoms with E-state index in [-0.39, 0.29) is 24.1 Å². The predicted octanol–water partition coefficient (Wildman–Crippen LogP) is 2.55. The molecule has 1 aromatic rings. The Labute approximate surface area is 120 Å². The number of carbonyl (C=O) groups is 1. The number of rotatable bonds is 5. The molecule has 0 radical (unpaired) electrons. The van der Waals surface area contributed by atoms with Gasteiger partial charge in [-0.15, -0.1) is 0 Å². The molecule has 0 spiro atoms. The van der Waals surface area contributed by atoms with Crippen molar-refractivity contribution in [1.29, 1.82) is 0 Å². The van der Waals surface area contributed by atoms with Gasteiger partial charge in [-0.1, -0.05) is 20.8 Å². The third-order valence-electron chi connectivity index (χ3n) is 2.78. The first-order valence-electron chi connectivity index (χ1n) is 6.84. The first-order chi connectivity index (χ1) is 9.23. The molecule has 2 N–H and O–H groups in total. The predicted molar refractivity (Wildman–Crippen MR) is 77.7 cm³/mol. The molecule has 0 unspecified atom stereocenters. The number of anilines is 1. The van der Waals surface area contributed by atoms with E-state index in [1.54, 1.807) is 11.8 Å². The Morgan fingerprint density at radius 3 is 2.50 bits per heavy atom. The van der Waals surface area contributed by atoms with Crippen LogP contribution < -0.4 is 5.32 Å².